The quantitative estimate of drug-likeness (QED) is 0.685. The van der Waals surface area contributed by atoms with Gasteiger partial charge in [-0.15, -0.1) is 0 Å². The first-order chi connectivity index (χ1) is 14.6. The molecule has 156 valence electrons. The number of fused-ring (bicyclic) bond motifs is 3. The summed E-state index contributed by atoms with van der Waals surface area (Å²) in [4.78, 5) is 21.1. The zero-order chi connectivity index (χ0) is 20.7. The first-order valence-electron chi connectivity index (χ1n) is 10.9. The fourth-order valence-electron chi connectivity index (χ4n) is 5.11. The molecule has 1 aromatic heterocycles. The first kappa shape index (κ1) is 19.2. The number of rotatable bonds is 5. The molecule has 1 atom stereocenters. The number of aromatic nitrogens is 1. The molecule has 3 heterocycles. The van der Waals surface area contributed by atoms with Gasteiger partial charge in [0.1, 0.15) is 11.4 Å². The zero-order valence-corrected chi connectivity index (χ0v) is 17.7. The molecule has 1 N–H and O–H groups in total. The number of aromatic amines is 1. The molecule has 5 heteroatoms. The van der Waals surface area contributed by atoms with Crippen LogP contribution in [0.25, 0.3) is 10.9 Å². The van der Waals surface area contributed by atoms with E-state index in [0.717, 1.165) is 60.4 Å². The van der Waals surface area contributed by atoms with E-state index in [1.165, 1.54) is 5.56 Å². The molecule has 1 amide bonds. The van der Waals surface area contributed by atoms with Crippen molar-refractivity contribution in [1.82, 2.24) is 14.8 Å². The Morgan fingerprint density at radius 1 is 1.13 bits per heavy atom. The number of likely N-dealkylation sites (tertiary alicyclic amines) is 1. The van der Waals surface area contributed by atoms with Crippen molar-refractivity contribution in [2.24, 2.45) is 5.92 Å². The van der Waals surface area contributed by atoms with E-state index in [4.69, 9.17) is 4.74 Å². The lowest BCUT2D eigenvalue weighted by molar-refractivity contribution is 0.0565. The van der Waals surface area contributed by atoms with Crippen LogP contribution in [0, 0.1) is 5.92 Å². The molecular formula is C25H29N3O2. The topological polar surface area (TPSA) is 48.6 Å². The number of carbonyl (C=O) groups excluding carboxylic acids is 1. The number of hydrogen-bond donors (Lipinski definition) is 1. The van der Waals surface area contributed by atoms with Crippen LogP contribution in [0.3, 0.4) is 0 Å². The van der Waals surface area contributed by atoms with Gasteiger partial charge in [-0.1, -0.05) is 30.3 Å². The summed E-state index contributed by atoms with van der Waals surface area (Å²) in [6.45, 7) is 6.14. The number of hydrogen-bond acceptors (Lipinski definition) is 3. The summed E-state index contributed by atoms with van der Waals surface area (Å²) in [5.74, 6) is 1.50. The van der Waals surface area contributed by atoms with Gasteiger partial charge in [-0.05, 0) is 56.5 Å². The van der Waals surface area contributed by atoms with Crippen molar-refractivity contribution in [1.29, 1.82) is 0 Å². The summed E-state index contributed by atoms with van der Waals surface area (Å²) in [6.07, 6.45) is 2.29. The summed E-state index contributed by atoms with van der Waals surface area (Å²) in [5.41, 5.74) is 4.24. The van der Waals surface area contributed by atoms with E-state index in [0.29, 0.717) is 12.5 Å². The second-order valence-electron chi connectivity index (χ2n) is 8.66. The van der Waals surface area contributed by atoms with Gasteiger partial charge in [0.25, 0.3) is 5.91 Å². The summed E-state index contributed by atoms with van der Waals surface area (Å²) in [5, 5.41) is 1.13. The van der Waals surface area contributed by atoms with Crippen molar-refractivity contribution in [3.63, 3.8) is 0 Å². The number of amides is 1. The largest absolute Gasteiger partial charge is 0.497 e. The van der Waals surface area contributed by atoms with E-state index in [1.807, 2.05) is 12.1 Å². The van der Waals surface area contributed by atoms with Crippen LogP contribution in [0.2, 0.25) is 0 Å². The molecule has 3 aromatic rings. The minimum Gasteiger partial charge on any atom is -0.497 e. The molecule has 1 unspecified atom stereocenters. The minimum absolute atomic E-state index is 0.138. The number of H-pyrrole nitrogens is 1. The number of ether oxygens (including phenoxy) is 1. The highest BCUT2D eigenvalue weighted by molar-refractivity contribution is 6.04. The normalized spacial score (nSPS) is 18.7. The predicted molar refractivity (Wildman–Crippen MR) is 119 cm³/mol. The van der Waals surface area contributed by atoms with Crippen molar-refractivity contribution in [2.45, 2.75) is 38.9 Å². The van der Waals surface area contributed by atoms with Crippen LogP contribution in [0.4, 0.5) is 0 Å². The van der Waals surface area contributed by atoms with E-state index in [-0.39, 0.29) is 11.9 Å². The molecule has 2 aromatic carbocycles. The lowest BCUT2D eigenvalue weighted by atomic mass is 9.89. The summed E-state index contributed by atoms with van der Waals surface area (Å²) < 4.78 is 5.32. The van der Waals surface area contributed by atoms with E-state index < -0.39 is 0 Å². The zero-order valence-electron chi connectivity index (χ0n) is 17.7. The van der Waals surface area contributed by atoms with Crippen molar-refractivity contribution in [3.8, 4) is 5.75 Å². The Morgan fingerprint density at radius 3 is 2.63 bits per heavy atom. The highest BCUT2D eigenvalue weighted by Crippen LogP contribution is 2.35. The highest BCUT2D eigenvalue weighted by Gasteiger charge is 2.37. The van der Waals surface area contributed by atoms with Crippen LogP contribution in [0.15, 0.2) is 48.5 Å². The molecule has 0 bridgehead atoms. The third-order valence-electron chi connectivity index (χ3n) is 6.97. The van der Waals surface area contributed by atoms with Crippen LogP contribution in [0.5, 0.6) is 5.75 Å². The molecule has 0 saturated carbocycles. The van der Waals surface area contributed by atoms with Gasteiger partial charge in [0.2, 0.25) is 0 Å². The SMILES string of the molecule is COc1ccc2c3c([nH]c2c1)C(=O)N(C(C)C1CCN(Cc2ccccc2)CC1)C3. The number of benzene rings is 2. The Balaban J connectivity index is 1.24. The van der Waals surface area contributed by atoms with E-state index in [2.05, 4.69) is 58.1 Å². The van der Waals surface area contributed by atoms with E-state index in [1.54, 1.807) is 7.11 Å². The van der Waals surface area contributed by atoms with Crippen LogP contribution in [0.1, 0.15) is 41.4 Å². The third kappa shape index (κ3) is 3.37. The van der Waals surface area contributed by atoms with Crippen molar-refractivity contribution < 1.29 is 9.53 Å². The summed E-state index contributed by atoms with van der Waals surface area (Å²) in [6, 6.07) is 16.9. The molecule has 0 aliphatic carbocycles. The average Bonchev–Trinajstić information content (AvgIpc) is 3.30. The smallest absolute Gasteiger partial charge is 0.271 e. The number of piperidine rings is 1. The van der Waals surface area contributed by atoms with E-state index in [9.17, 15) is 4.79 Å². The molecule has 1 fully saturated rings. The third-order valence-corrected chi connectivity index (χ3v) is 6.97. The molecule has 2 aliphatic rings. The maximum Gasteiger partial charge on any atom is 0.271 e. The molecule has 5 nitrogen and oxygen atoms in total. The molecule has 30 heavy (non-hydrogen) atoms. The molecule has 5 rings (SSSR count). The fourth-order valence-corrected chi connectivity index (χ4v) is 5.11. The standard InChI is InChI=1S/C25H29N3O2/c1-17(19-10-12-27(13-11-19)15-18-6-4-3-5-7-18)28-16-22-21-9-8-20(30-2)14-23(21)26-24(22)25(28)29/h3-9,14,17,19,26H,10-13,15-16H2,1-2H3. The molecule has 0 spiro atoms. The Labute approximate surface area is 177 Å². The van der Waals surface area contributed by atoms with Gasteiger partial charge >= 0.3 is 0 Å². The van der Waals surface area contributed by atoms with Crippen molar-refractivity contribution >= 4 is 16.8 Å². The van der Waals surface area contributed by atoms with Crippen molar-refractivity contribution in [2.75, 3.05) is 20.2 Å². The second kappa shape index (κ2) is 7.80. The monoisotopic (exact) mass is 403 g/mol. The summed E-state index contributed by atoms with van der Waals surface area (Å²) in [7, 11) is 1.66. The Bertz CT molecular complexity index is 1050. The first-order valence-corrected chi connectivity index (χ1v) is 10.9. The van der Waals surface area contributed by atoms with Crippen LogP contribution < -0.4 is 4.74 Å². The van der Waals surface area contributed by atoms with Gasteiger partial charge in [0.05, 0.1) is 12.6 Å². The lowest BCUT2D eigenvalue weighted by Crippen LogP contribution is -2.44. The van der Waals surface area contributed by atoms with Crippen LogP contribution in [-0.2, 0) is 13.1 Å². The molecular weight excluding hydrogens is 374 g/mol. The predicted octanol–water partition coefficient (Wildman–Crippen LogP) is 4.43. The maximum absolute atomic E-state index is 13.2. The van der Waals surface area contributed by atoms with Crippen LogP contribution in [-0.4, -0.2) is 46.9 Å². The lowest BCUT2D eigenvalue weighted by Gasteiger charge is -2.38. The Morgan fingerprint density at radius 2 is 1.90 bits per heavy atom. The van der Waals surface area contributed by atoms with Gasteiger partial charge in [0.15, 0.2) is 0 Å². The molecule has 0 radical (unpaired) electrons. The number of carbonyl (C=O) groups is 1. The number of methoxy groups -OCH3 is 1. The van der Waals surface area contributed by atoms with Gasteiger partial charge in [-0.25, -0.2) is 0 Å². The average molecular weight is 404 g/mol. The molecule has 1 saturated heterocycles. The number of nitrogens with one attached hydrogen (secondary N) is 1. The summed E-state index contributed by atoms with van der Waals surface area (Å²) >= 11 is 0. The highest BCUT2D eigenvalue weighted by atomic mass is 16.5. The number of nitrogens with zero attached hydrogens (tertiary/aromatic N) is 2. The minimum atomic E-state index is 0.138. The Kier molecular flexibility index (Phi) is 4.99. The van der Waals surface area contributed by atoms with Gasteiger partial charge < -0.3 is 14.6 Å². The maximum atomic E-state index is 13.2. The Hall–Kier alpha value is -2.79. The second-order valence-corrected chi connectivity index (χ2v) is 8.66. The van der Waals surface area contributed by atoms with E-state index >= 15 is 0 Å². The van der Waals surface area contributed by atoms with Gasteiger partial charge in [-0.2, -0.15) is 0 Å². The van der Waals surface area contributed by atoms with Crippen LogP contribution >= 0.6 is 0 Å². The fraction of sp³-hybridized carbons (Fsp3) is 0.400. The van der Waals surface area contributed by atoms with Crippen molar-refractivity contribution in [3.05, 3.63) is 65.4 Å². The van der Waals surface area contributed by atoms with Gasteiger partial charge in [0, 0.05) is 36.1 Å². The van der Waals surface area contributed by atoms with Gasteiger partial charge in [-0.3, -0.25) is 9.69 Å². The molecule has 2 aliphatic heterocycles.